The SMILES string of the molecule is CCS(=O)(=O)NCCCNc1ccc(C(F)(F)F)cc1S(N)(=O)=O. The summed E-state index contributed by atoms with van der Waals surface area (Å²) in [5, 5.41) is 7.59. The van der Waals surface area contributed by atoms with Gasteiger partial charge in [-0.15, -0.1) is 0 Å². The summed E-state index contributed by atoms with van der Waals surface area (Å²) in [6.07, 6.45) is -4.40. The molecule has 0 atom stereocenters. The zero-order chi connectivity index (χ0) is 18.6. The van der Waals surface area contributed by atoms with Gasteiger partial charge in [0.05, 0.1) is 17.0 Å². The fraction of sp³-hybridized carbons (Fsp3) is 0.500. The quantitative estimate of drug-likeness (QED) is 0.575. The van der Waals surface area contributed by atoms with Crippen LogP contribution in [-0.4, -0.2) is 35.7 Å². The van der Waals surface area contributed by atoms with Crippen LogP contribution < -0.4 is 15.2 Å². The third-order valence-corrected chi connectivity index (χ3v) is 5.34. The largest absolute Gasteiger partial charge is 0.416 e. The van der Waals surface area contributed by atoms with Crippen molar-refractivity contribution in [3.05, 3.63) is 23.8 Å². The van der Waals surface area contributed by atoms with Crippen LogP contribution in [0.25, 0.3) is 0 Å². The zero-order valence-electron chi connectivity index (χ0n) is 12.7. The minimum atomic E-state index is -4.70. The van der Waals surface area contributed by atoms with E-state index >= 15 is 0 Å². The number of benzene rings is 1. The summed E-state index contributed by atoms with van der Waals surface area (Å²) in [5.41, 5.74) is -1.21. The number of hydrogen-bond acceptors (Lipinski definition) is 5. The molecule has 0 aliphatic carbocycles. The molecule has 24 heavy (non-hydrogen) atoms. The van der Waals surface area contributed by atoms with Gasteiger partial charge in [0.25, 0.3) is 0 Å². The van der Waals surface area contributed by atoms with Gasteiger partial charge in [0.1, 0.15) is 4.90 Å². The highest BCUT2D eigenvalue weighted by Crippen LogP contribution is 2.33. The molecular formula is C12H18F3N3O4S2. The van der Waals surface area contributed by atoms with Crippen molar-refractivity contribution < 1.29 is 30.0 Å². The molecule has 4 N–H and O–H groups in total. The summed E-state index contributed by atoms with van der Waals surface area (Å²) >= 11 is 0. The van der Waals surface area contributed by atoms with Crippen molar-refractivity contribution in [1.82, 2.24) is 4.72 Å². The van der Waals surface area contributed by atoms with E-state index in [1.54, 1.807) is 0 Å². The first-order valence-electron chi connectivity index (χ1n) is 6.82. The van der Waals surface area contributed by atoms with Gasteiger partial charge < -0.3 is 5.32 Å². The van der Waals surface area contributed by atoms with Gasteiger partial charge in [0.2, 0.25) is 20.0 Å². The van der Waals surface area contributed by atoms with Crippen molar-refractivity contribution in [1.29, 1.82) is 0 Å². The Bertz CT molecular complexity index is 777. The van der Waals surface area contributed by atoms with E-state index in [2.05, 4.69) is 10.0 Å². The highest BCUT2D eigenvalue weighted by Gasteiger charge is 2.32. The van der Waals surface area contributed by atoms with Crippen LogP contribution >= 0.6 is 0 Å². The summed E-state index contributed by atoms with van der Waals surface area (Å²) in [4.78, 5) is -0.675. The Balaban J connectivity index is 2.82. The van der Waals surface area contributed by atoms with Crippen LogP contribution in [0.1, 0.15) is 18.9 Å². The summed E-state index contributed by atoms with van der Waals surface area (Å²) in [5.74, 6) is -0.0745. The monoisotopic (exact) mass is 389 g/mol. The number of nitrogens with two attached hydrogens (primary N) is 1. The molecule has 7 nitrogen and oxygen atoms in total. The van der Waals surface area contributed by atoms with E-state index in [0.717, 1.165) is 12.1 Å². The van der Waals surface area contributed by atoms with Gasteiger partial charge in [-0.1, -0.05) is 0 Å². The number of primary sulfonamides is 1. The standard InChI is InChI=1S/C12H18F3N3O4S2/c1-2-23(19,20)18-7-3-6-17-10-5-4-9(12(13,14)15)8-11(10)24(16,21)22/h4-5,8,17-18H,2-3,6-7H2,1H3,(H2,16,21,22). The summed E-state index contributed by atoms with van der Waals surface area (Å²) < 4.78 is 85.7. The maximum Gasteiger partial charge on any atom is 0.416 e. The van der Waals surface area contributed by atoms with Gasteiger partial charge >= 0.3 is 6.18 Å². The van der Waals surface area contributed by atoms with Crippen molar-refractivity contribution >= 4 is 25.7 Å². The maximum atomic E-state index is 12.7. The van der Waals surface area contributed by atoms with Gasteiger partial charge in [-0.2, -0.15) is 13.2 Å². The molecule has 0 saturated carbocycles. The number of halogens is 3. The van der Waals surface area contributed by atoms with E-state index in [9.17, 15) is 30.0 Å². The lowest BCUT2D eigenvalue weighted by molar-refractivity contribution is -0.137. The van der Waals surface area contributed by atoms with Gasteiger partial charge in [0, 0.05) is 13.1 Å². The van der Waals surface area contributed by atoms with Gasteiger partial charge in [-0.3, -0.25) is 0 Å². The third-order valence-electron chi connectivity index (χ3n) is 2.99. The van der Waals surface area contributed by atoms with Crippen LogP contribution in [-0.2, 0) is 26.2 Å². The van der Waals surface area contributed by atoms with Crippen molar-refractivity contribution in [2.45, 2.75) is 24.4 Å². The Kier molecular flexibility index (Phi) is 6.61. The van der Waals surface area contributed by atoms with E-state index in [1.807, 2.05) is 0 Å². The number of nitrogens with one attached hydrogen (secondary N) is 2. The molecular weight excluding hydrogens is 371 g/mol. The Labute approximate surface area is 138 Å². The molecule has 0 heterocycles. The normalized spacial score (nSPS) is 13.0. The number of anilines is 1. The highest BCUT2D eigenvalue weighted by atomic mass is 32.2. The molecule has 0 unspecified atom stereocenters. The first-order chi connectivity index (χ1) is 10.9. The highest BCUT2D eigenvalue weighted by molar-refractivity contribution is 7.89. The van der Waals surface area contributed by atoms with Gasteiger partial charge in [-0.25, -0.2) is 26.7 Å². The van der Waals surface area contributed by atoms with Gasteiger partial charge in [-0.05, 0) is 31.5 Å². The molecule has 1 aromatic rings. The summed E-state index contributed by atoms with van der Waals surface area (Å²) in [7, 11) is -7.70. The van der Waals surface area contributed by atoms with Crippen molar-refractivity contribution in [2.75, 3.05) is 24.2 Å². The molecule has 0 aliphatic heterocycles. The second-order valence-electron chi connectivity index (χ2n) is 4.83. The third kappa shape index (κ3) is 6.26. The molecule has 0 aromatic heterocycles. The zero-order valence-corrected chi connectivity index (χ0v) is 14.4. The molecule has 0 saturated heterocycles. The Morgan fingerprint density at radius 1 is 1.12 bits per heavy atom. The molecule has 0 spiro atoms. The lowest BCUT2D eigenvalue weighted by Gasteiger charge is -2.14. The molecule has 0 aliphatic rings. The predicted octanol–water partition coefficient (Wildman–Crippen LogP) is 1.09. The van der Waals surface area contributed by atoms with E-state index in [1.165, 1.54) is 6.92 Å². The topological polar surface area (TPSA) is 118 Å². The summed E-state index contributed by atoms with van der Waals surface area (Å²) in [6.45, 7) is 1.72. The van der Waals surface area contributed by atoms with Crippen LogP contribution in [0.15, 0.2) is 23.1 Å². The van der Waals surface area contributed by atoms with Crippen LogP contribution in [0.5, 0.6) is 0 Å². The van der Waals surface area contributed by atoms with Crippen LogP contribution in [0.4, 0.5) is 18.9 Å². The van der Waals surface area contributed by atoms with Crippen LogP contribution in [0.2, 0.25) is 0 Å². The average Bonchev–Trinajstić information content (AvgIpc) is 2.44. The molecule has 1 aromatic carbocycles. The minimum absolute atomic E-state index is 0.0745. The maximum absolute atomic E-state index is 12.7. The Morgan fingerprint density at radius 3 is 2.25 bits per heavy atom. The molecule has 12 heteroatoms. The van der Waals surface area contributed by atoms with Crippen molar-refractivity contribution in [3.8, 4) is 0 Å². The first kappa shape index (κ1) is 20.7. The van der Waals surface area contributed by atoms with Gasteiger partial charge in [0.15, 0.2) is 0 Å². The molecule has 0 bridgehead atoms. The number of hydrogen-bond donors (Lipinski definition) is 3. The van der Waals surface area contributed by atoms with E-state index < -0.39 is 36.7 Å². The smallest absolute Gasteiger partial charge is 0.384 e. The van der Waals surface area contributed by atoms with E-state index in [-0.39, 0.29) is 24.5 Å². The number of alkyl halides is 3. The van der Waals surface area contributed by atoms with Crippen molar-refractivity contribution in [3.63, 3.8) is 0 Å². The molecule has 1 rings (SSSR count). The van der Waals surface area contributed by atoms with Crippen LogP contribution in [0.3, 0.4) is 0 Å². The Morgan fingerprint density at radius 2 is 1.75 bits per heavy atom. The first-order valence-corrected chi connectivity index (χ1v) is 10.0. The second-order valence-corrected chi connectivity index (χ2v) is 8.46. The minimum Gasteiger partial charge on any atom is -0.384 e. The molecule has 138 valence electrons. The van der Waals surface area contributed by atoms with Crippen molar-refractivity contribution in [2.24, 2.45) is 5.14 Å². The average molecular weight is 389 g/mol. The fourth-order valence-corrected chi connectivity index (χ4v) is 3.12. The molecule has 0 fully saturated rings. The van der Waals surface area contributed by atoms with E-state index in [0.29, 0.717) is 12.5 Å². The molecule has 0 amide bonds. The second kappa shape index (κ2) is 7.68. The lowest BCUT2D eigenvalue weighted by Crippen LogP contribution is -2.27. The van der Waals surface area contributed by atoms with E-state index in [4.69, 9.17) is 5.14 Å². The van der Waals surface area contributed by atoms with Crippen LogP contribution in [0, 0.1) is 0 Å². The lowest BCUT2D eigenvalue weighted by atomic mass is 10.2. The summed E-state index contributed by atoms with van der Waals surface area (Å²) in [6, 6.07) is 2.16. The Hall–Kier alpha value is -1.37. The molecule has 0 radical (unpaired) electrons. The fourth-order valence-electron chi connectivity index (χ4n) is 1.72. The predicted molar refractivity (Wildman–Crippen MR) is 83.4 cm³/mol. The number of sulfonamides is 2. The number of rotatable bonds is 8.